The Morgan fingerprint density at radius 2 is 2.21 bits per heavy atom. The van der Waals surface area contributed by atoms with Gasteiger partial charge in [-0.25, -0.2) is 0 Å². The maximum absolute atomic E-state index is 4.70. The van der Waals surface area contributed by atoms with Crippen LogP contribution in [0.3, 0.4) is 0 Å². The minimum Gasteiger partial charge on any atom is -0.301 e. The van der Waals surface area contributed by atoms with Crippen LogP contribution < -0.4 is 0 Å². The van der Waals surface area contributed by atoms with Gasteiger partial charge in [0, 0.05) is 18.2 Å². The van der Waals surface area contributed by atoms with Gasteiger partial charge in [0.1, 0.15) is 0 Å². The maximum Gasteiger partial charge on any atom is 0.0668 e. The lowest BCUT2D eigenvalue weighted by Crippen LogP contribution is -2.35. The summed E-state index contributed by atoms with van der Waals surface area (Å²) in [4.78, 5) is 7.05. The van der Waals surface area contributed by atoms with Crippen molar-refractivity contribution >= 4 is 11.4 Å². The summed E-state index contributed by atoms with van der Waals surface area (Å²) in [5.74, 6) is 0.613. The molecule has 1 saturated heterocycles. The Hall–Kier alpha value is -1.15. The summed E-state index contributed by atoms with van der Waals surface area (Å²) in [6.07, 6.45) is 1.23. The van der Waals surface area contributed by atoms with Crippen molar-refractivity contribution in [2.24, 2.45) is 4.99 Å². The van der Waals surface area contributed by atoms with Crippen molar-refractivity contribution in [1.29, 1.82) is 0 Å². The Morgan fingerprint density at radius 1 is 1.36 bits per heavy atom. The van der Waals surface area contributed by atoms with Crippen molar-refractivity contribution in [3.63, 3.8) is 0 Å². The van der Waals surface area contributed by atoms with Crippen molar-refractivity contribution in [3.05, 3.63) is 29.8 Å². The molecule has 0 radical (unpaired) electrons. The van der Waals surface area contributed by atoms with Crippen LogP contribution in [-0.2, 0) is 0 Å². The van der Waals surface area contributed by atoms with E-state index >= 15 is 0 Å². The highest BCUT2D eigenvalue weighted by Gasteiger charge is 2.30. The molecule has 1 fully saturated rings. The normalized spacial score (nSPS) is 25.5. The quantitative estimate of drug-likeness (QED) is 0.606. The van der Waals surface area contributed by atoms with Gasteiger partial charge in [-0.3, -0.25) is 4.99 Å². The maximum atomic E-state index is 4.70. The van der Waals surface area contributed by atoms with E-state index in [0.717, 1.165) is 6.54 Å². The molecule has 1 atom stereocenters. The molecule has 72 valence electrons. The zero-order chi connectivity index (χ0) is 9.54. The van der Waals surface area contributed by atoms with Crippen LogP contribution >= 0.6 is 0 Å². The van der Waals surface area contributed by atoms with E-state index in [1.165, 1.54) is 29.9 Å². The fourth-order valence-electron chi connectivity index (χ4n) is 2.47. The highest BCUT2D eigenvalue weighted by atomic mass is 15.1. The molecular weight excluding hydrogens is 172 g/mol. The Labute approximate surface area is 84.3 Å². The molecule has 2 aliphatic heterocycles. The van der Waals surface area contributed by atoms with Crippen LogP contribution in [0.5, 0.6) is 0 Å². The summed E-state index contributed by atoms with van der Waals surface area (Å²) in [5.41, 5.74) is 4.00. The molecule has 1 aromatic carbocycles. The Bertz CT molecular complexity index is 395. The smallest absolute Gasteiger partial charge is 0.0668 e. The minimum absolute atomic E-state index is 0.613. The van der Waals surface area contributed by atoms with Crippen molar-refractivity contribution in [3.8, 4) is 0 Å². The van der Waals surface area contributed by atoms with E-state index in [4.69, 9.17) is 4.99 Å². The number of rotatable bonds is 0. The second kappa shape index (κ2) is 2.92. The number of hydrogen-bond acceptors (Lipinski definition) is 2. The third-order valence-corrected chi connectivity index (χ3v) is 3.21. The average Bonchev–Trinajstić information content (AvgIpc) is 2.54. The van der Waals surface area contributed by atoms with Gasteiger partial charge in [0.05, 0.1) is 5.69 Å². The van der Waals surface area contributed by atoms with E-state index in [9.17, 15) is 0 Å². The van der Waals surface area contributed by atoms with Crippen molar-refractivity contribution in [1.82, 2.24) is 4.90 Å². The zero-order valence-electron chi connectivity index (χ0n) is 8.40. The standard InChI is InChI=1S/C12H14N2/c1-14-7-6-10-9-4-2-3-5-11(9)13-12(10)8-14/h2-5,10H,6-8H2,1H3. The fourth-order valence-corrected chi connectivity index (χ4v) is 2.47. The molecular formula is C12H14N2. The van der Waals surface area contributed by atoms with E-state index in [0.29, 0.717) is 5.92 Å². The first-order chi connectivity index (χ1) is 6.84. The number of hydrogen-bond donors (Lipinski definition) is 0. The molecule has 2 heterocycles. The molecule has 0 aromatic heterocycles. The molecule has 14 heavy (non-hydrogen) atoms. The van der Waals surface area contributed by atoms with Crippen molar-refractivity contribution < 1.29 is 0 Å². The predicted octanol–water partition coefficient (Wildman–Crippen LogP) is 2.19. The monoisotopic (exact) mass is 186 g/mol. The van der Waals surface area contributed by atoms with Crippen LogP contribution in [0.2, 0.25) is 0 Å². The van der Waals surface area contributed by atoms with Crippen LogP contribution in [0.25, 0.3) is 0 Å². The van der Waals surface area contributed by atoms with Crippen LogP contribution in [0.4, 0.5) is 5.69 Å². The highest BCUT2D eigenvalue weighted by Crippen LogP contribution is 2.38. The molecule has 1 unspecified atom stereocenters. The number of likely N-dealkylation sites (tertiary alicyclic amines) is 1. The molecule has 0 aliphatic carbocycles. The topological polar surface area (TPSA) is 15.6 Å². The second-order valence-corrected chi connectivity index (χ2v) is 4.24. The number of fused-ring (bicyclic) bond motifs is 3. The first kappa shape index (κ1) is 8.18. The van der Waals surface area contributed by atoms with Crippen molar-refractivity contribution in [2.45, 2.75) is 12.3 Å². The van der Waals surface area contributed by atoms with Crippen LogP contribution in [0.15, 0.2) is 29.3 Å². The van der Waals surface area contributed by atoms with Gasteiger partial charge >= 0.3 is 0 Å². The summed E-state index contributed by atoms with van der Waals surface area (Å²) >= 11 is 0. The van der Waals surface area contributed by atoms with E-state index in [-0.39, 0.29) is 0 Å². The van der Waals surface area contributed by atoms with Gasteiger partial charge in [0.2, 0.25) is 0 Å². The Balaban J connectivity index is 2.03. The van der Waals surface area contributed by atoms with Crippen molar-refractivity contribution in [2.75, 3.05) is 20.1 Å². The molecule has 0 spiro atoms. The largest absolute Gasteiger partial charge is 0.301 e. The summed E-state index contributed by atoms with van der Waals surface area (Å²) in [6, 6.07) is 8.54. The molecule has 0 bridgehead atoms. The van der Waals surface area contributed by atoms with Crippen LogP contribution in [-0.4, -0.2) is 30.7 Å². The first-order valence-electron chi connectivity index (χ1n) is 5.19. The summed E-state index contributed by atoms with van der Waals surface area (Å²) in [5, 5.41) is 0. The Kier molecular flexibility index (Phi) is 1.71. The van der Waals surface area contributed by atoms with Gasteiger partial charge < -0.3 is 4.90 Å². The number of benzene rings is 1. The first-order valence-corrected chi connectivity index (χ1v) is 5.19. The molecule has 0 N–H and O–H groups in total. The highest BCUT2D eigenvalue weighted by molar-refractivity contribution is 5.99. The molecule has 2 nitrogen and oxygen atoms in total. The fraction of sp³-hybridized carbons (Fsp3) is 0.417. The third kappa shape index (κ3) is 1.11. The minimum atomic E-state index is 0.613. The number of aliphatic imine (C=N–C) groups is 1. The molecule has 0 amide bonds. The number of para-hydroxylation sites is 1. The van der Waals surface area contributed by atoms with Gasteiger partial charge in [-0.2, -0.15) is 0 Å². The number of piperidine rings is 1. The second-order valence-electron chi connectivity index (χ2n) is 4.24. The molecule has 2 heteroatoms. The summed E-state index contributed by atoms with van der Waals surface area (Å²) < 4.78 is 0. The third-order valence-electron chi connectivity index (χ3n) is 3.21. The molecule has 3 rings (SSSR count). The number of nitrogens with zero attached hydrogens (tertiary/aromatic N) is 2. The van der Waals surface area contributed by atoms with E-state index in [1.807, 2.05) is 0 Å². The van der Waals surface area contributed by atoms with E-state index < -0.39 is 0 Å². The summed E-state index contributed by atoms with van der Waals surface area (Å²) in [7, 11) is 2.17. The molecule has 2 aliphatic rings. The van der Waals surface area contributed by atoms with Gasteiger partial charge in [-0.05, 0) is 31.6 Å². The molecule has 0 saturated carbocycles. The lowest BCUT2D eigenvalue weighted by Gasteiger charge is -2.27. The van der Waals surface area contributed by atoms with Gasteiger partial charge in [0.25, 0.3) is 0 Å². The van der Waals surface area contributed by atoms with Crippen LogP contribution in [0, 0.1) is 0 Å². The zero-order valence-corrected chi connectivity index (χ0v) is 8.40. The van der Waals surface area contributed by atoms with Gasteiger partial charge in [0.15, 0.2) is 0 Å². The average molecular weight is 186 g/mol. The molecule has 1 aromatic rings. The lowest BCUT2D eigenvalue weighted by molar-refractivity contribution is 0.344. The van der Waals surface area contributed by atoms with E-state index in [2.05, 4.69) is 36.2 Å². The summed E-state index contributed by atoms with van der Waals surface area (Å²) in [6.45, 7) is 2.23. The SMILES string of the molecule is CN1CCC2C(=Nc3ccccc32)C1. The Morgan fingerprint density at radius 3 is 3.14 bits per heavy atom. The van der Waals surface area contributed by atoms with Crippen LogP contribution in [0.1, 0.15) is 17.9 Å². The van der Waals surface area contributed by atoms with Gasteiger partial charge in [-0.15, -0.1) is 0 Å². The van der Waals surface area contributed by atoms with Gasteiger partial charge in [-0.1, -0.05) is 18.2 Å². The predicted molar refractivity (Wildman–Crippen MR) is 58.4 cm³/mol. The van der Waals surface area contributed by atoms with E-state index in [1.54, 1.807) is 0 Å². The lowest BCUT2D eigenvalue weighted by atomic mass is 9.90.